The van der Waals surface area contributed by atoms with Crippen molar-refractivity contribution in [2.24, 2.45) is 17.8 Å². The van der Waals surface area contributed by atoms with Crippen molar-refractivity contribution in [1.82, 2.24) is 9.97 Å². The summed E-state index contributed by atoms with van der Waals surface area (Å²) in [6.07, 6.45) is 6.11. The maximum Gasteiger partial charge on any atom is 0.223 e. The SMILES string of the molecule is [C-]#[N+]c1c(-c2c[nH]c3c(F)cc(F)cc23)nc(N[C@H]2C3CCC(CC3)[C@@H]2C)c(F)c1-c1ccccc1. The van der Waals surface area contributed by atoms with Crippen LogP contribution in [-0.2, 0) is 0 Å². The van der Waals surface area contributed by atoms with Crippen molar-refractivity contribution in [3.05, 3.63) is 77.5 Å². The number of hydrogen-bond donors (Lipinski definition) is 2. The van der Waals surface area contributed by atoms with Gasteiger partial charge in [0.05, 0.1) is 17.8 Å². The molecule has 3 saturated carbocycles. The second kappa shape index (κ2) is 8.70. The van der Waals surface area contributed by atoms with Crippen LogP contribution in [0.15, 0.2) is 48.7 Å². The van der Waals surface area contributed by atoms with Gasteiger partial charge in [-0.2, -0.15) is 0 Å². The standard InChI is InChI=1S/C29H25F3N4/c1-15-16-8-10-18(11-9-16)25(15)35-29-24(32)23(17-6-4-3-5-7-17)28(33-2)27(36-29)21-14-34-26-20(21)12-19(30)13-22(26)31/h3-7,12-16,18,25,34H,8-11H2,1H3,(H,35,36)/t15-,16?,18?,25+/m0/s1. The summed E-state index contributed by atoms with van der Waals surface area (Å²) in [4.78, 5) is 11.1. The normalized spacial score (nSPS) is 23.1. The summed E-state index contributed by atoms with van der Waals surface area (Å²) in [7, 11) is 0. The molecule has 0 spiro atoms. The topological polar surface area (TPSA) is 45.1 Å². The zero-order valence-electron chi connectivity index (χ0n) is 19.8. The van der Waals surface area contributed by atoms with E-state index in [1.165, 1.54) is 25.1 Å². The maximum absolute atomic E-state index is 16.2. The minimum absolute atomic E-state index is 0.00744. The van der Waals surface area contributed by atoms with Crippen molar-refractivity contribution in [3.8, 4) is 22.4 Å². The van der Waals surface area contributed by atoms with Crippen LogP contribution in [0.3, 0.4) is 0 Å². The Kier molecular flexibility index (Phi) is 5.48. The Labute approximate surface area is 207 Å². The molecule has 3 aliphatic carbocycles. The Morgan fingerprint density at radius 3 is 2.44 bits per heavy atom. The molecule has 2 aromatic carbocycles. The molecule has 0 radical (unpaired) electrons. The van der Waals surface area contributed by atoms with Gasteiger partial charge in [0.1, 0.15) is 11.6 Å². The molecule has 4 nitrogen and oxygen atoms in total. The predicted octanol–water partition coefficient (Wildman–Crippen LogP) is 8.10. The molecule has 2 aromatic heterocycles. The second-order valence-corrected chi connectivity index (χ2v) is 10.0. The average Bonchev–Trinajstić information content (AvgIpc) is 3.31. The van der Waals surface area contributed by atoms with Gasteiger partial charge in [-0.25, -0.2) is 23.0 Å². The highest BCUT2D eigenvalue weighted by molar-refractivity contribution is 6.01. The van der Waals surface area contributed by atoms with Crippen molar-refractivity contribution in [1.29, 1.82) is 0 Å². The van der Waals surface area contributed by atoms with Gasteiger partial charge in [0, 0.05) is 34.8 Å². The Hall–Kier alpha value is -3.79. The zero-order chi connectivity index (χ0) is 25.0. The fraction of sp³-hybridized carbons (Fsp3) is 0.310. The minimum atomic E-state index is -0.739. The molecule has 2 N–H and O–H groups in total. The number of anilines is 1. The number of halogens is 3. The highest BCUT2D eigenvalue weighted by Gasteiger charge is 2.42. The molecule has 3 aliphatic rings. The fourth-order valence-corrected chi connectivity index (χ4v) is 6.33. The van der Waals surface area contributed by atoms with Crippen molar-refractivity contribution in [2.75, 3.05) is 5.32 Å². The van der Waals surface area contributed by atoms with Crippen LogP contribution >= 0.6 is 0 Å². The number of nitrogens with zero attached hydrogens (tertiary/aromatic N) is 2. The van der Waals surface area contributed by atoms with Crippen molar-refractivity contribution >= 4 is 22.4 Å². The Morgan fingerprint density at radius 1 is 1.03 bits per heavy atom. The van der Waals surface area contributed by atoms with Gasteiger partial charge >= 0.3 is 0 Å². The molecule has 2 heterocycles. The number of benzene rings is 2. The molecule has 4 aromatic rings. The van der Waals surface area contributed by atoms with Gasteiger partial charge in [-0.3, -0.25) is 0 Å². The molecule has 2 bridgehead atoms. The number of hydrogen-bond acceptors (Lipinski definition) is 2. The van der Waals surface area contributed by atoms with Crippen LogP contribution in [-0.4, -0.2) is 16.0 Å². The molecule has 0 amide bonds. The lowest BCUT2D eigenvalue weighted by molar-refractivity contribution is 0.0926. The van der Waals surface area contributed by atoms with E-state index in [-0.39, 0.29) is 39.7 Å². The van der Waals surface area contributed by atoms with Crippen molar-refractivity contribution < 1.29 is 13.2 Å². The predicted molar refractivity (Wildman–Crippen MR) is 135 cm³/mol. The van der Waals surface area contributed by atoms with E-state index in [0.717, 1.165) is 18.9 Å². The second-order valence-electron chi connectivity index (χ2n) is 10.0. The number of pyridine rings is 1. The Balaban J connectivity index is 1.58. The van der Waals surface area contributed by atoms with Gasteiger partial charge in [0.15, 0.2) is 11.6 Å². The van der Waals surface area contributed by atoms with Gasteiger partial charge in [-0.05, 0) is 55.1 Å². The quantitative estimate of drug-likeness (QED) is 0.286. The summed E-state index contributed by atoms with van der Waals surface area (Å²) in [5.74, 6) is -0.567. The third kappa shape index (κ3) is 3.55. The van der Waals surface area contributed by atoms with E-state index in [2.05, 4.69) is 27.1 Å². The number of nitrogens with one attached hydrogen (secondary N) is 2. The first-order valence-electron chi connectivity index (χ1n) is 12.4. The first kappa shape index (κ1) is 22.7. The van der Waals surface area contributed by atoms with Crippen LogP contribution in [0.1, 0.15) is 32.6 Å². The number of aromatic amines is 1. The lowest BCUT2D eigenvalue weighted by atomic mass is 9.62. The molecule has 0 saturated heterocycles. The summed E-state index contributed by atoms with van der Waals surface area (Å²) < 4.78 is 44.8. The summed E-state index contributed by atoms with van der Waals surface area (Å²) in [5, 5.41) is 3.67. The molecular weight excluding hydrogens is 461 g/mol. The Bertz CT molecular complexity index is 1490. The molecule has 36 heavy (non-hydrogen) atoms. The van der Waals surface area contributed by atoms with E-state index >= 15 is 4.39 Å². The lowest BCUT2D eigenvalue weighted by Crippen LogP contribution is -2.47. The van der Waals surface area contributed by atoms with Gasteiger partial charge in [0.25, 0.3) is 0 Å². The van der Waals surface area contributed by atoms with Crippen molar-refractivity contribution in [2.45, 2.75) is 38.6 Å². The van der Waals surface area contributed by atoms with E-state index in [9.17, 15) is 8.78 Å². The number of fused-ring (bicyclic) bond motifs is 4. The Morgan fingerprint density at radius 2 is 1.75 bits per heavy atom. The number of aromatic nitrogens is 2. The molecule has 7 heteroatoms. The average molecular weight is 487 g/mol. The van der Waals surface area contributed by atoms with Crippen molar-refractivity contribution in [3.63, 3.8) is 0 Å². The van der Waals surface area contributed by atoms with Gasteiger partial charge < -0.3 is 10.3 Å². The molecule has 0 unspecified atom stereocenters. The number of rotatable bonds is 4. The summed E-state index contributed by atoms with van der Waals surface area (Å²) in [6.45, 7) is 10.1. The summed E-state index contributed by atoms with van der Waals surface area (Å²) >= 11 is 0. The zero-order valence-corrected chi connectivity index (χ0v) is 19.8. The maximum atomic E-state index is 16.2. The first-order chi connectivity index (χ1) is 17.5. The smallest absolute Gasteiger partial charge is 0.223 e. The van der Waals surface area contributed by atoms with E-state index in [1.54, 1.807) is 24.3 Å². The van der Waals surface area contributed by atoms with Crippen LogP contribution in [0.2, 0.25) is 0 Å². The minimum Gasteiger partial charge on any atom is -0.364 e. The fourth-order valence-electron chi connectivity index (χ4n) is 6.33. The number of H-pyrrole nitrogens is 1. The van der Waals surface area contributed by atoms with Gasteiger partial charge in [-0.15, -0.1) is 0 Å². The van der Waals surface area contributed by atoms with Gasteiger partial charge in [0.2, 0.25) is 5.69 Å². The van der Waals surface area contributed by atoms with Crippen LogP contribution < -0.4 is 5.32 Å². The molecule has 3 fully saturated rings. The molecule has 0 aliphatic heterocycles. The molecule has 7 rings (SSSR count). The highest BCUT2D eigenvalue weighted by atomic mass is 19.1. The molecule has 182 valence electrons. The van der Waals surface area contributed by atoms with Crippen LogP contribution in [0, 0.1) is 41.8 Å². The van der Waals surface area contributed by atoms with Crippen LogP contribution in [0.4, 0.5) is 24.7 Å². The van der Waals surface area contributed by atoms with Crippen LogP contribution in [0.25, 0.3) is 38.1 Å². The first-order valence-corrected chi connectivity index (χ1v) is 12.4. The van der Waals surface area contributed by atoms with E-state index in [4.69, 9.17) is 6.57 Å². The molecule has 2 atom stereocenters. The van der Waals surface area contributed by atoms with E-state index < -0.39 is 17.5 Å². The third-order valence-electron chi connectivity index (χ3n) is 8.19. The third-order valence-corrected chi connectivity index (χ3v) is 8.19. The largest absolute Gasteiger partial charge is 0.364 e. The highest BCUT2D eigenvalue weighted by Crippen LogP contribution is 2.48. The monoisotopic (exact) mass is 486 g/mol. The summed E-state index contributed by atoms with van der Waals surface area (Å²) in [5.41, 5.74) is 1.35. The summed E-state index contributed by atoms with van der Waals surface area (Å²) in [6, 6.07) is 11.0. The van der Waals surface area contributed by atoms with Gasteiger partial charge in [-0.1, -0.05) is 37.3 Å². The van der Waals surface area contributed by atoms with Crippen LogP contribution in [0.5, 0.6) is 0 Å². The van der Waals surface area contributed by atoms with E-state index in [0.29, 0.717) is 28.9 Å². The lowest BCUT2D eigenvalue weighted by Gasteiger charge is -2.47. The molecular formula is C29H25F3N4. The van der Waals surface area contributed by atoms with E-state index in [1.807, 2.05) is 6.07 Å².